The maximum absolute atomic E-state index is 12.8. The number of benzene rings is 1. The Bertz CT molecular complexity index is 397. The minimum absolute atomic E-state index is 0. The number of para-hydroxylation sites is 1. The predicted octanol–water partition coefficient (Wildman–Crippen LogP) is 2.43. The maximum Gasteiger partial charge on any atom is 0.123 e. The summed E-state index contributed by atoms with van der Waals surface area (Å²) in [6, 6.07) is 5.70. The van der Waals surface area contributed by atoms with Crippen molar-refractivity contribution in [3.63, 3.8) is 0 Å². The summed E-state index contributed by atoms with van der Waals surface area (Å²) in [5, 5.41) is 13.5. The van der Waals surface area contributed by atoms with Gasteiger partial charge in [0, 0.05) is 37.8 Å². The van der Waals surface area contributed by atoms with Crippen molar-refractivity contribution in [2.24, 2.45) is 0 Å². The standard InChI is InChI=1S/C14H21FN2O.ClH/c1-11-3-2-4-12(14(11)18)13(5-6-15)17-9-7-16-8-10-17;/h2-4,13,16,18H,5-10H2,1H3;1H/t13-;/m0./s1. The molecule has 5 heteroatoms. The molecule has 2 N–H and O–H groups in total. The van der Waals surface area contributed by atoms with Gasteiger partial charge in [-0.1, -0.05) is 18.2 Å². The summed E-state index contributed by atoms with van der Waals surface area (Å²) in [5.74, 6) is 0.314. The van der Waals surface area contributed by atoms with Gasteiger partial charge in [-0.05, 0) is 18.9 Å². The largest absolute Gasteiger partial charge is 0.507 e. The van der Waals surface area contributed by atoms with Crippen LogP contribution in [0.2, 0.25) is 0 Å². The normalized spacial score (nSPS) is 17.8. The van der Waals surface area contributed by atoms with Gasteiger partial charge in [-0.2, -0.15) is 0 Å². The minimum atomic E-state index is -0.359. The summed E-state index contributed by atoms with van der Waals surface area (Å²) in [6.45, 7) is 5.17. The first kappa shape index (κ1) is 16.2. The number of nitrogens with zero attached hydrogens (tertiary/aromatic N) is 1. The van der Waals surface area contributed by atoms with E-state index in [0.717, 1.165) is 37.3 Å². The van der Waals surface area contributed by atoms with Crippen LogP contribution in [0.1, 0.15) is 23.6 Å². The number of piperazine rings is 1. The van der Waals surface area contributed by atoms with Gasteiger partial charge in [0.15, 0.2) is 0 Å². The molecule has 0 saturated carbocycles. The van der Waals surface area contributed by atoms with Crippen molar-refractivity contribution < 1.29 is 9.50 Å². The van der Waals surface area contributed by atoms with Crippen LogP contribution in [-0.4, -0.2) is 42.9 Å². The average Bonchev–Trinajstić information content (AvgIpc) is 2.41. The lowest BCUT2D eigenvalue weighted by atomic mass is 9.98. The van der Waals surface area contributed by atoms with E-state index in [1.54, 1.807) is 0 Å². The van der Waals surface area contributed by atoms with Crippen LogP contribution >= 0.6 is 12.4 Å². The van der Waals surface area contributed by atoms with Crippen molar-refractivity contribution in [2.45, 2.75) is 19.4 Å². The van der Waals surface area contributed by atoms with E-state index < -0.39 is 0 Å². The number of rotatable bonds is 4. The summed E-state index contributed by atoms with van der Waals surface area (Å²) in [6.07, 6.45) is 0.441. The fraction of sp³-hybridized carbons (Fsp3) is 0.571. The number of halogens is 2. The zero-order valence-electron chi connectivity index (χ0n) is 11.2. The number of hydrogen-bond acceptors (Lipinski definition) is 3. The van der Waals surface area contributed by atoms with E-state index in [9.17, 15) is 9.50 Å². The fourth-order valence-corrected chi connectivity index (χ4v) is 2.58. The number of phenols is 1. The third kappa shape index (κ3) is 3.81. The SMILES string of the molecule is Cc1cccc([C@H](CCF)N2CCNCC2)c1O.Cl. The molecule has 0 aromatic heterocycles. The predicted molar refractivity (Wildman–Crippen MR) is 77.9 cm³/mol. The molecule has 3 nitrogen and oxygen atoms in total. The molecule has 19 heavy (non-hydrogen) atoms. The topological polar surface area (TPSA) is 35.5 Å². The molecule has 1 aromatic rings. The summed E-state index contributed by atoms with van der Waals surface area (Å²) in [7, 11) is 0. The Balaban J connectivity index is 0.00000180. The number of nitrogens with one attached hydrogen (secondary N) is 1. The first-order valence-electron chi connectivity index (χ1n) is 6.53. The highest BCUT2D eigenvalue weighted by atomic mass is 35.5. The Hall–Kier alpha value is -0.840. The number of alkyl halides is 1. The maximum atomic E-state index is 12.8. The van der Waals surface area contributed by atoms with Crippen molar-refractivity contribution in [1.82, 2.24) is 10.2 Å². The van der Waals surface area contributed by atoms with E-state index in [2.05, 4.69) is 10.2 Å². The van der Waals surface area contributed by atoms with E-state index in [-0.39, 0.29) is 25.1 Å². The third-order valence-corrected chi connectivity index (χ3v) is 3.60. The molecule has 0 spiro atoms. The highest BCUT2D eigenvalue weighted by molar-refractivity contribution is 5.85. The number of aromatic hydroxyl groups is 1. The van der Waals surface area contributed by atoms with Gasteiger partial charge in [0.2, 0.25) is 0 Å². The van der Waals surface area contributed by atoms with Gasteiger partial charge in [0.1, 0.15) is 5.75 Å². The van der Waals surface area contributed by atoms with E-state index in [1.165, 1.54) is 0 Å². The van der Waals surface area contributed by atoms with Crippen LogP contribution in [0.15, 0.2) is 18.2 Å². The van der Waals surface area contributed by atoms with Crippen LogP contribution in [-0.2, 0) is 0 Å². The Kier molecular flexibility index (Phi) is 6.55. The van der Waals surface area contributed by atoms with Crippen LogP contribution in [0.5, 0.6) is 5.75 Å². The van der Waals surface area contributed by atoms with Gasteiger partial charge in [-0.15, -0.1) is 12.4 Å². The first-order chi connectivity index (χ1) is 8.74. The molecule has 1 fully saturated rings. The van der Waals surface area contributed by atoms with Crippen molar-refractivity contribution in [1.29, 1.82) is 0 Å². The Labute approximate surface area is 120 Å². The molecule has 1 heterocycles. The number of phenolic OH excluding ortho intramolecular Hbond substituents is 1. The molecular weight excluding hydrogens is 267 g/mol. The van der Waals surface area contributed by atoms with E-state index >= 15 is 0 Å². The molecule has 1 aliphatic rings. The summed E-state index contributed by atoms with van der Waals surface area (Å²) < 4.78 is 12.8. The second kappa shape index (κ2) is 7.68. The molecule has 0 amide bonds. The van der Waals surface area contributed by atoms with Crippen LogP contribution < -0.4 is 5.32 Å². The lowest BCUT2D eigenvalue weighted by Crippen LogP contribution is -2.45. The van der Waals surface area contributed by atoms with Crippen LogP contribution in [0.25, 0.3) is 0 Å². The third-order valence-electron chi connectivity index (χ3n) is 3.60. The van der Waals surface area contributed by atoms with Gasteiger partial charge in [-0.3, -0.25) is 9.29 Å². The monoisotopic (exact) mass is 288 g/mol. The van der Waals surface area contributed by atoms with E-state index in [0.29, 0.717) is 12.2 Å². The number of aryl methyl sites for hydroxylation is 1. The second-order valence-electron chi connectivity index (χ2n) is 4.79. The summed E-state index contributed by atoms with van der Waals surface area (Å²) in [5.41, 5.74) is 1.71. The molecule has 0 radical (unpaired) electrons. The Morgan fingerprint density at radius 3 is 2.68 bits per heavy atom. The van der Waals surface area contributed by atoms with Crippen LogP contribution in [0.3, 0.4) is 0 Å². The number of hydrogen-bond donors (Lipinski definition) is 2. The molecule has 0 aliphatic carbocycles. The van der Waals surface area contributed by atoms with Gasteiger partial charge >= 0.3 is 0 Å². The summed E-state index contributed by atoms with van der Waals surface area (Å²) >= 11 is 0. The van der Waals surface area contributed by atoms with Gasteiger partial charge < -0.3 is 10.4 Å². The zero-order valence-corrected chi connectivity index (χ0v) is 12.0. The molecule has 1 atom stereocenters. The van der Waals surface area contributed by atoms with Crippen LogP contribution in [0.4, 0.5) is 4.39 Å². The Morgan fingerprint density at radius 2 is 2.05 bits per heavy atom. The highest BCUT2D eigenvalue weighted by Gasteiger charge is 2.24. The van der Waals surface area contributed by atoms with Gasteiger partial charge in [-0.25, -0.2) is 0 Å². The van der Waals surface area contributed by atoms with Crippen LogP contribution in [0, 0.1) is 6.92 Å². The Morgan fingerprint density at radius 1 is 1.37 bits per heavy atom. The van der Waals surface area contributed by atoms with Crippen molar-refractivity contribution in [3.8, 4) is 5.75 Å². The second-order valence-corrected chi connectivity index (χ2v) is 4.79. The van der Waals surface area contributed by atoms with Gasteiger partial charge in [0.05, 0.1) is 6.67 Å². The molecule has 0 bridgehead atoms. The highest BCUT2D eigenvalue weighted by Crippen LogP contribution is 2.33. The lowest BCUT2D eigenvalue weighted by Gasteiger charge is -2.35. The molecular formula is C14H22ClFN2O. The smallest absolute Gasteiger partial charge is 0.123 e. The summed E-state index contributed by atoms with van der Waals surface area (Å²) in [4.78, 5) is 2.25. The van der Waals surface area contributed by atoms with E-state index in [4.69, 9.17) is 0 Å². The molecule has 1 aromatic carbocycles. The molecule has 1 aliphatic heterocycles. The minimum Gasteiger partial charge on any atom is -0.507 e. The quantitative estimate of drug-likeness (QED) is 0.893. The molecule has 0 unspecified atom stereocenters. The van der Waals surface area contributed by atoms with Crippen molar-refractivity contribution in [3.05, 3.63) is 29.3 Å². The average molecular weight is 289 g/mol. The molecule has 1 saturated heterocycles. The van der Waals surface area contributed by atoms with E-state index in [1.807, 2.05) is 25.1 Å². The van der Waals surface area contributed by atoms with Crippen molar-refractivity contribution >= 4 is 12.4 Å². The van der Waals surface area contributed by atoms with Crippen molar-refractivity contribution in [2.75, 3.05) is 32.9 Å². The van der Waals surface area contributed by atoms with Gasteiger partial charge in [0.25, 0.3) is 0 Å². The first-order valence-corrected chi connectivity index (χ1v) is 6.53. The lowest BCUT2D eigenvalue weighted by molar-refractivity contribution is 0.155. The fourth-order valence-electron chi connectivity index (χ4n) is 2.58. The molecule has 108 valence electrons. The molecule has 2 rings (SSSR count). The zero-order chi connectivity index (χ0) is 13.0.